The summed E-state index contributed by atoms with van der Waals surface area (Å²) in [5.74, 6) is 2.27. The minimum absolute atomic E-state index is 0.341. The van der Waals surface area contributed by atoms with Gasteiger partial charge in [-0.05, 0) is 51.1 Å². The molecule has 2 N–H and O–H groups in total. The van der Waals surface area contributed by atoms with E-state index in [0.29, 0.717) is 12.0 Å². The SMILES string of the molecule is Cc1nc2ccc(-c3ccnc(Nc4ccc(N5CCNCC5)cn4)n3)cc2n1C(C)C. The fourth-order valence-electron chi connectivity index (χ4n) is 4.29. The van der Waals surface area contributed by atoms with Crippen LogP contribution in [0.3, 0.4) is 0 Å². The minimum atomic E-state index is 0.341. The summed E-state index contributed by atoms with van der Waals surface area (Å²) in [4.78, 5) is 20.7. The highest BCUT2D eigenvalue weighted by molar-refractivity contribution is 5.82. The molecule has 32 heavy (non-hydrogen) atoms. The molecule has 0 aliphatic carbocycles. The lowest BCUT2D eigenvalue weighted by atomic mass is 10.1. The Bertz CT molecular complexity index is 1220. The Morgan fingerprint density at radius 3 is 2.59 bits per heavy atom. The molecule has 0 bridgehead atoms. The van der Waals surface area contributed by atoms with Crippen molar-refractivity contribution in [1.29, 1.82) is 0 Å². The predicted molar refractivity (Wildman–Crippen MR) is 128 cm³/mol. The van der Waals surface area contributed by atoms with Gasteiger partial charge in [0.15, 0.2) is 0 Å². The van der Waals surface area contributed by atoms with Crippen molar-refractivity contribution >= 4 is 28.5 Å². The topological polar surface area (TPSA) is 83.8 Å². The van der Waals surface area contributed by atoms with E-state index in [1.165, 1.54) is 0 Å². The van der Waals surface area contributed by atoms with Gasteiger partial charge in [0, 0.05) is 44.0 Å². The van der Waals surface area contributed by atoms with E-state index in [1.807, 2.05) is 25.3 Å². The van der Waals surface area contributed by atoms with E-state index >= 15 is 0 Å². The zero-order chi connectivity index (χ0) is 22.1. The van der Waals surface area contributed by atoms with Gasteiger partial charge in [-0.2, -0.15) is 0 Å². The molecule has 1 aliphatic rings. The first kappa shape index (κ1) is 20.4. The first-order valence-corrected chi connectivity index (χ1v) is 11.1. The van der Waals surface area contributed by atoms with Gasteiger partial charge in [-0.3, -0.25) is 0 Å². The highest BCUT2D eigenvalue weighted by atomic mass is 15.2. The summed E-state index contributed by atoms with van der Waals surface area (Å²) in [6.07, 6.45) is 3.68. The molecule has 0 amide bonds. The Balaban J connectivity index is 1.38. The summed E-state index contributed by atoms with van der Waals surface area (Å²) >= 11 is 0. The number of anilines is 3. The minimum Gasteiger partial charge on any atom is -0.368 e. The zero-order valence-electron chi connectivity index (χ0n) is 18.7. The number of aryl methyl sites for hydroxylation is 1. The number of piperazine rings is 1. The molecular formula is C24H28N8. The normalized spacial score (nSPS) is 14.3. The second kappa shape index (κ2) is 8.55. The molecule has 0 spiro atoms. The van der Waals surface area contributed by atoms with Crippen molar-refractivity contribution in [1.82, 2.24) is 29.8 Å². The Morgan fingerprint density at radius 2 is 1.84 bits per heavy atom. The van der Waals surface area contributed by atoms with E-state index in [0.717, 1.165) is 65.8 Å². The Morgan fingerprint density at radius 1 is 1.00 bits per heavy atom. The summed E-state index contributed by atoms with van der Waals surface area (Å²) in [5, 5.41) is 6.60. The molecule has 1 saturated heterocycles. The highest BCUT2D eigenvalue weighted by Crippen LogP contribution is 2.27. The Labute approximate surface area is 187 Å². The van der Waals surface area contributed by atoms with Crippen LogP contribution in [0.25, 0.3) is 22.3 Å². The number of hydrogen-bond acceptors (Lipinski definition) is 7. The van der Waals surface area contributed by atoms with Crippen LogP contribution in [0.5, 0.6) is 0 Å². The van der Waals surface area contributed by atoms with Crippen LogP contribution in [0.4, 0.5) is 17.5 Å². The van der Waals surface area contributed by atoms with Gasteiger partial charge in [-0.15, -0.1) is 0 Å². The van der Waals surface area contributed by atoms with E-state index in [-0.39, 0.29) is 0 Å². The molecule has 3 aromatic heterocycles. The van der Waals surface area contributed by atoms with Crippen molar-refractivity contribution in [2.75, 3.05) is 36.4 Å². The van der Waals surface area contributed by atoms with Gasteiger partial charge in [-0.25, -0.2) is 19.9 Å². The maximum absolute atomic E-state index is 4.73. The van der Waals surface area contributed by atoms with Crippen LogP contribution in [-0.4, -0.2) is 50.7 Å². The van der Waals surface area contributed by atoms with Gasteiger partial charge >= 0.3 is 0 Å². The molecule has 8 heteroatoms. The highest BCUT2D eigenvalue weighted by Gasteiger charge is 2.13. The second-order valence-corrected chi connectivity index (χ2v) is 8.36. The molecule has 0 saturated carbocycles. The van der Waals surface area contributed by atoms with Crippen molar-refractivity contribution in [2.24, 2.45) is 0 Å². The van der Waals surface area contributed by atoms with Crippen molar-refractivity contribution in [3.63, 3.8) is 0 Å². The van der Waals surface area contributed by atoms with E-state index in [1.54, 1.807) is 6.20 Å². The van der Waals surface area contributed by atoms with Crippen LogP contribution in [0.1, 0.15) is 25.7 Å². The molecule has 0 radical (unpaired) electrons. The maximum Gasteiger partial charge on any atom is 0.228 e. The summed E-state index contributed by atoms with van der Waals surface area (Å²) in [7, 11) is 0. The molecule has 1 aliphatic heterocycles. The first-order valence-electron chi connectivity index (χ1n) is 11.1. The number of nitrogens with zero attached hydrogens (tertiary/aromatic N) is 6. The fourth-order valence-corrected chi connectivity index (χ4v) is 4.29. The molecule has 4 heterocycles. The van der Waals surface area contributed by atoms with E-state index in [9.17, 15) is 0 Å². The van der Waals surface area contributed by atoms with Gasteiger partial charge in [-0.1, -0.05) is 6.07 Å². The van der Waals surface area contributed by atoms with Crippen LogP contribution in [0.2, 0.25) is 0 Å². The van der Waals surface area contributed by atoms with Crippen molar-refractivity contribution < 1.29 is 0 Å². The van der Waals surface area contributed by atoms with Crippen LogP contribution < -0.4 is 15.5 Å². The molecule has 1 fully saturated rings. The molecule has 164 valence electrons. The average molecular weight is 429 g/mol. The molecule has 8 nitrogen and oxygen atoms in total. The van der Waals surface area contributed by atoms with Crippen LogP contribution in [0, 0.1) is 6.92 Å². The lowest BCUT2D eigenvalue weighted by molar-refractivity contribution is 0.589. The van der Waals surface area contributed by atoms with Crippen LogP contribution in [0.15, 0.2) is 48.8 Å². The average Bonchev–Trinajstić information content (AvgIpc) is 3.15. The molecule has 0 atom stereocenters. The standard InChI is InChI=1S/C24H28N8/c1-16(2)32-17(3)28-21-6-4-18(14-22(21)32)20-8-9-26-24(29-20)30-23-7-5-19(15-27-23)31-12-10-25-11-13-31/h4-9,14-16,25H,10-13H2,1-3H3,(H,26,27,29,30). The Hall–Kier alpha value is -3.52. The van der Waals surface area contributed by atoms with E-state index < -0.39 is 0 Å². The third-order valence-corrected chi connectivity index (χ3v) is 5.80. The molecular weight excluding hydrogens is 400 g/mol. The first-order chi connectivity index (χ1) is 15.6. The molecule has 4 aromatic rings. The van der Waals surface area contributed by atoms with E-state index in [4.69, 9.17) is 4.98 Å². The third-order valence-electron chi connectivity index (χ3n) is 5.80. The summed E-state index contributed by atoms with van der Waals surface area (Å²) in [5.41, 5.74) is 5.15. The van der Waals surface area contributed by atoms with Crippen molar-refractivity contribution in [3.8, 4) is 11.3 Å². The summed E-state index contributed by atoms with van der Waals surface area (Å²) in [6, 6.07) is 12.6. The third kappa shape index (κ3) is 4.01. The van der Waals surface area contributed by atoms with Crippen molar-refractivity contribution in [2.45, 2.75) is 26.8 Å². The quantitative estimate of drug-likeness (QED) is 0.498. The number of aromatic nitrogens is 5. The molecule has 0 unspecified atom stereocenters. The largest absolute Gasteiger partial charge is 0.368 e. The molecule has 1 aromatic carbocycles. The van der Waals surface area contributed by atoms with Gasteiger partial charge in [0.1, 0.15) is 11.6 Å². The fraction of sp³-hybridized carbons (Fsp3) is 0.333. The number of hydrogen-bond donors (Lipinski definition) is 2. The number of imidazole rings is 1. The number of pyridine rings is 1. The van der Waals surface area contributed by atoms with Crippen LogP contribution in [-0.2, 0) is 0 Å². The van der Waals surface area contributed by atoms with Gasteiger partial charge in [0.25, 0.3) is 0 Å². The lowest BCUT2D eigenvalue weighted by Gasteiger charge is -2.29. The second-order valence-electron chi connectivity index (χ2n) is 8.36. The monoisotopic (exact) mass is 428 g/mol. The predicted octanol–water partition coefficient (Wildman–Crippen LogP) is 3.93. The number of benzene rings is 1. The zero-order valence-corrected chi connectivity index (χ0v) is 18.7. The summed E-state index contributed by atoms with van der Waals surface area (Å²) < 4.78 is 2.25. The van der Waals surface area contributed by atoms with Gasteiger partial charge in [0.05, 0.1) is 28.6 Å². The van der Waals surface area contributed by atoms with E-state index in [2.05, 4.69) is 73.2 Å². The maximum atomic E-state index is 4.73. The van der Waals surface area contributed by atoms with Crippen molar-refractivity contribution in [3.05, 3.63) is 54.6 Å². The summed E-state index contributed by atoms with van der Waals surface area (Å²) in [6.45, 7) is 10.4. The smallest absolute Gasteiger partial charge is 0.228 e. The number of nitrogens with one attached hydrogen (secondary N) is 2. The van der Waals surface area contributed by atoms with Gasteiger partial charge < -0.3 is 20.1 Å². The lowest BCUT2D eigenvalue weighted by Crippen LogP contribution is -2.43. The van der Waals surface area contributed by atoms with Gasteiger partial charge in [0.2, 0.25) is 5.95 Å². The molecule has 5 rings (SSSR count). The number of fused-ring (bicyclic) bond motifs is 1. The Kier molecular flexibility index (Phi) is 5.45. The number of rotatable bonds is 5. The van der Waals surface area contributed by atoms with Crippen LogP contribution >= 0.6 is 0 Å².